The molecule has 0 radical (unpaired) electrons. The predicted molar refractivity (Wildman–Crippen MR) is 146 cm³/mol. The Kier molecular flexibility index (Phi) is 8.57. The normalized spacial score (nSPS) is 19.8. The van der Waals surface area contributed by atoms with Crippen LogP contribution in [0.3, 0.4) is 0 Å². The third-order valence-electron chi connectivity index (χ3n) is 7.25. The highest BCUT2D eigenvalue weighted by Gasteiger charge is 2.49. The largest absolute Gasteiger partial charge is 0.457 e. The molecular formula is C26H36N4O4S2. The summed E-state index contributed by atoms with van der Waals surface area (Å²) in [6.45, 7) is 11.4. The van der Waals surface area contributed by atoms with E-state index < -0.39 is 5.54 Å². The Labute approximate surface area is 223 Å². The van der Waals surface area contributed by atoms with Crippen molar-refractivity contribution in [2.45, 2.75) is 58.6 Å². The second kappa shape index (κ2) is 11.5. The molecule has 4 rings (SSSR count). The van der Waals surface area contributed by atoms with Gasteiger partial charge in [-0.2, -0.15) is 0 Å². The zero-order chi connectivity index (χ0) is 25.9. The first-order chi connectivity index (χ1) is 17.2. The Morgan fingerprint density at radius 2 is 1.75 bits per heavy atom. The highest BCUT2D eigenvalue weighted by Crippen LogP contribution is 2.34. The summed E-state index contributed by atoms with van der Waals surface area (Å²) < 4.78 is 5.10. The summed E-state index contributed by atoms with van der Waals surface area (Å²) in [6.07, 6.45) is 4.30. The molecule has 1 aromatic carbocycles. The van der Waals surface area contributed by atoms with Gasteiger partial charge in [-0.3, -0.25) is 19.4 Å². The van der Waals surface area contributed by atoms with Crippen molar-refractivity contribution in [3.05, 3.63) is 29.3 Å². The topological polar surface area (TPSA) is 73.4 Å². The summed E-state index contributed by atoms with van der Waals surface area (Å²) in [7, 11) is 0. The number of cyclic esters (lactones) is 1. The van der Waals surface area contributed by atoms with Crippen LogP contribution in [0.1, 0.15) is 62.4 Å². The molecule has 196 valence electrons. The molecule has 0 aliphatic carbocycles. The van der Waals surface area contributed by atoms with Crippen molar-refractivity contribution in [2.75, 3.05) is 49.9 Å². The average molecular weight is 533 g/mol. The number of hydrogen-bond acceptors (Lipinski definition) is 7. The van der Waals surface area contributed by atoms with Crippen LogP contribution < -0.4 is 4.90 Å². The number of thioether (sulfide) groups is 1. The molecular weight excluding hydrogens is 496 g/mol. The van der Waals surface area contributed by atoms with Gasteiger partial charge in [-0.1, -0.05) is 31.5 Å². The van der Waals surface area contributed by atoms with Crippen molar-refractivity contribution in [2.24, 2.45) is 0 Å². The molecule has 2 amide bonds. The van der Waals surface area contributed by atoms with Gasteiger partial charge in [0.2, 0.25) is 0 Å². The second-order valence-corrected chi connectivity index (χ2v) is 11.6. The summed E-state index contributed by atoms with van der Waals surface area (Å²) in [5, 5.41) is 0.723. The highest BCUT2D eigenvalue weighted by molar-refractivity contribution is 8.13. The fourth-order valence-electron chi connectivity index (χ4n) is 5.03. The van der Waals surface area contributed by atoms with E-state index in [9.17, 15) is 14.4 Å². The van der Waals surface area contributed by atoms with Crippen LogP contribution in [-0.2, 0) is 16.1 Å². The molecule has 36 heavy (non-hydrogen) atoms. The molecule has 0 aromatic heterocycles. The van der Waals surface area contributed by atoms with Crippen LogP contribution in [0, 0.1) is 0 Å². The first-order valence-corrected chi connectivity index (χ1v) is 14.2. The molecule has 0 spiro atoms. The number of ether oxygens (including phenoxy) is 1. The Hall–Kier alpha value is -2.17. The molecule has 0 atom stereocenters. The maximum atomic E-state index is 13.3. The van der Waals surface area contributed by atoms with Gasteiger partial charge < -0.3 is 14.5 Å². The van der Waals surface area contributed by atoms with E-state index in [0.717, 1.165) is 76.3 Å². The van der Waals surface area contributed by atoms with Gasteiger partial charge in [-0.05, 0) is 69.4 Å². The van der Waals surface area contributed by atoms with Crippen molar-refractivity contribution in [3.8, 4) is 0 Å². The molecule has 3 aliphatic rings. The number of thiocarbonyl (C=S) groups is 1. The van der Waals surface area contributed by atoms with Crippen molar-refractivity contribution in [1.29, 1.82) is 0 Å². The predicted octanol–water partition coefficient (Wildman–Crippen LogP) is 4.12. The summed E-state index contributed by atoms with van der Waals surface area (Å²) in [6, 6.07) is 5.32. The number of carbonyl (C=O) groups is 3. The van der Waals surface area contributed by atoms with E-state index in [1.54, 1.807) is 17.0 Å². The molecule has 0 bridgehead atoms. The molecule has 0 unspecified atom stereocenters. The van der Waals surface area contributed by atoms with Crippen LogP contribution >= 0.6 is 24.0 Å². The lowest BCUT2D eigenvalue weighted by molar-refractivity contribution is -0.123. The number of carbonyl (C=O) groups excluding carboxylic acids is 3. The molecule has 0 N–H and O–H groups in total. The first kappa shape index (κ1) is 26.9. The number of anilines is 1. The second-order valence-electron chi connectivity index (χ2n) is 9.99. The van der Waals surface area contributed by atoms with E-state index in [-0.39, 0.29) is 23.7 Å². The number of fused-ring (bicyclic) bond motifs is 1. The Morgan fingerprint density at radius 1 is 1.06 bits per heavy atom. The van der Waals surface area contributed by atoms with Gasteiger partial charge in [0, 0.05) is 38.3 Å². The zero-order valence-corrected chi connectivity index (χ0v) is 23.1. The minimum absolute atomic E-state index is 0.0485. The minimum Gasteiger partial charge on any atom is -0.457 e. The fourth-order valence-corrected chi connectivity index (χ4v) is 6.15. The SMILES string of the molecule is CCSC(=O)N1CCN(CCCCCCN2C(=S)N(c3ccc4c(c3)COC4=O)C(=O)C2(C)C)CC1. The van der Waals surface area contributed by atoms with Crippen LogP contribution in [0.2, 0.25) is 0 Å². The number of esters is 1. The lowest BCUT2D eigenvalue weighted by atomic mass is 10.0. The molecule has 3 aliphatic heterocycles. The van der Waals surface area contributed by atoms with E-state index in [1.807, 2.05) is 36.6 Å². The van der Waals surface area contributed by atoms with Crippen molar-refractivity contribution in [3.63, 3.8) is 0 Å². The van der Waals surface area contributed by atoms with Gasteiger partial charge in [0.1, 0.15) is 12.1 Å². The molecule has 10 heteroatoms. The number of piperazine rings is 1. The average Bonchev–Trinajstić information content (AvgIpc) is 3.30. The number of rotatable bonds is 9. The van der Waals surface area contributed by atoms with Crippen LogP contribution in [0.15, 0.2) is 18.2 Å². The summed E-state index contributed by atoms with van der Waals surface area (Å²) in [4.78, 5) is 45.1. The van der Waals surface area contributed by atoms with Crippen molar-refractivity contribution < 1.29 is 19.1 Å². The number of amides is 2. The first-order valence-electron chi connectivity index (χ1n) is 12.8. The van der Waals surface area contributed by atoms with Gasteiger partial charge in [0.05, 0.1) is 11.3 Å². The number of benzene rings is 1. The number of unbranched alkanes of at least 4 members (excludes halogenated alkanes) is 3. The Morgan fingerprint density at radius 3 is 2.44 bits per heavy atom. The van der Waals surface area contributed by atoms with Crippen molar-refractivity contribution >= 4 is 51.9 Å². The Balaban J connectivity index is 1.21. The summed E-state index contributed by atoms with van der Waals surface area (Å²) in [5.41, 5.74) is 1.32. The highest BCUT2D eigenvalue weighted by atomic mass is 32.2. The molecule has 8 nitrogen and oxygen atoms in total. The van der Waals surface area contributed by atoms with Gasteiger partial charge in [0.25, 0.3) is 11.1 Å². The van der Waals surface area contributed by atoms with Crippen LogP contribution in [-0.4, -0.2) is 87.5 Å². The number of nitrogens with zero attached hydrogens (tertiary/aromatic N) is 4. The quantitative estimate of drug-likeness (QED) is 0.267. The maximum absolute atomic E-state index is 13.3. The third-order valence-corrected chi connectivity index (χ3v) is 8.45. The standard InChI is InChI=1S/C26H36N4O4S2/c1-4-36-25(33)28-15-13-27(14-16-28)11-7-5-6-8-12-29-24(35)30(23(32)26(29,2)3)20-9-10-21-19(17-20)18-34-22(21)31/h9-10,17H,4-8,11-16,18H2,1-3H3. The van der Waals surface area contributed by atoms with E-state index in [4.69, 9.17) is 17.0 Å². The van der Waals surface area contributed by atoms with Gasteiger partial charge in [-0.25, -0.2) is 4.79 Å². The van der Waals surface area contributed by atoms with Gasteiger partial charge in [0.15, 0.2) is 5.11 Å². The van der Waals surface area contributed by atoms with Crippen LogP contribution in [0.25, 0.3) is 0 Å². The van der Waals surface area contributed by atoms with Gasteiger partial charge in [-0.15, -0.1) is 0 Å². The monoisotopic (exact) mass is 532 g/mol. The lowest BCUT2D eigenvalue weighted by Crippen LogP contribution is -2.47. The lowest BCUT2D eigenvalue weighted by Gasteiger charge is -2.34. The molecule has 0 saturated carbocycles. The summed E-state index contributed by atoms with van der Waals surface area (Å²) >= 11 is 7.14. The smallest absolute Gasteiger partial charge is 0.338 e. The summed E-state index contributed by atoms with van der Waals surface area (Å²) in [5.74, 6) is 0.459. The van der Waals surface area contributed by atoms with E-state index in [1.165, 1.54) is 11.8 Å². The molecule has 1 aromatic rings. The van der Waals surface area contributed by atoms with Gasteiger partial charge >= 0.3 is 5.97 Å². The minimum atomic E-state index is -0.713. The molecule has 2 saturated heterocycles. The van der Waals surface area contributed by atoms with E-state index >= 15 is 0 Å². The maximum Gasteiger partial charge on any atom is 0.338 e. The fraction of sp³-hybridized carbons (Fsp3) is 0.615. The molecule has 2 fully saturated rings. The van der Waals surface area contributed by atoms with E-state index in [2.05, 4.69) is 4.90 Å². The zero-order valence-electron chi connectivity index (χ0n) is 21.5. The number of hydrogen-bond donors (Lipinski definition) is 0. The van der Waals surface area contributed by atoms with Crippen LogP contribution in [0.5, 0.6) is 0 Å². The molecule has 3 heterocycles. The third kappa shape index (κ3) is 5.55. The Bertz CT molecular complexity index is 1020. The van der Waals surface area contributed by atoms with Crippen molar-refractivity contribution in [1.82, 2.24) is 14.7 Å². The van der Waals surface area contributed by atoms with Crippen LogP contribution in [0.4, 0.5) is 10.5 Å². The van der Waals surface area contributed by atoms with E-state index in [0.29, 0.717) is 16.4 Å².